The van der Waals surface area contributed by atoms with Gasteiger partial charge in [0, 0.05) is 109 Å². The standard InChI is InChI=1S/2C22H21ClN4O4.2Na.3H2O/c2*23-14-2-3-15-19(20(14)24)16(9-12-1-4-17-18(10-12)31-11-30-17)26-22(25-15)27-7-5-13(6-8-27)21(28)29;;;;;/h2*1-4,10,13H,5-9,11,24H2,(H,28,29);;;3*1H2. The molecule has 2 fully saturated rings. The van der Waals surface area contributed by atoms with Gasteiger partial charge in [-0.1, -0.05) is 35.3 Å². The second-order valence-corrected chi connectivity index (χ2v) is 16.4. The van der Waals surface area contributed by atoms with E-state index in [0.717, 1.165) is 44.8 Å². The van der Waals surface area contributed by atoms with E-state index < -0.39 is 11.9 Å². The second-order valence-electron chi connectivity index (χ2n) is 15.6. The molecular formula is C44H48Cl2N8Na2O11. The Labute approximate surface area is 438 Å². The Morgan fingerprint density at radius 2 is 0.925 bits per heavy atom. The van der Waals surface area contributed by atoms with Gasteiger partial charge in [0.25, 0.3) is 0 Å². The van der Waals surface area contributed by atoms with Crippen LogP contribution in [0.25, 0.3) is 21.8 Å². The van der Waals surface area contributed by atoms with E-state index in [1.165, 1.54) is 0 Å². The fraction of sp³-hybridized carbons (Fsp3) is 0.318. The van der Waals surface area contributed by atoms with Crippen LogP contribution in [-0.2, 0) is 22.4 Å². The maximum absolute atomic E-state index is 11.3. The predicted molar refractivity (Wildman–Crippen MR) is 256 cm³/mol. The van der Waals surface area contributed by atoms with Crippen LogP contribution >= 0.6 is 23.2 Å². The maximum Gasteiger partial charge on any atom is 0.306 e. The van der Waals surface area contributed by atoms with E-state index in [2.05, 4.69) is 0 Å². The monoisotopic (exact) mass is 980 g/mol. The van der Waals surface area contributed by atoms with Crippen molar-refractivity contribution >= 4 is 139 Å². The molecule has 12 N–H and O–H groups in total. The zero-order valence-electron chi connectivity index (χ0n) is 36.9. The molecule has 10 rings (SSSR count). The number of anilines is 4. The minimum absolute atomic E-state index is 0. The van der Waals surface area contributed by atoms with Crippen molar-refractivity contribution in [1.82, 2.24) is 19.9 Å². The molecule has 23 heteroatoms. The molecule has 0 amide bonds. The van der Waals surface area contributed by atoms with Gasteiger partial charge in [-0.2, -0.15) is 0 Å². The van der Waals surface area contributed by atoms with Crippen LogP contribution in [0.5, 0.6) is 23.0 Å². The Morgan fingerprint density at radius 1 is 0.567 bits per heavy atom. The van der Waals surface area contributed by atoms with Crippen molar-refractivity contribution in [3.63, 3.8) is 0 Å². The largest absolute Gasteiger partial charge is 0.481 e. The summed E-state index contributed by atoms with van der Waals surface area (Å²) in [5, 5.41) is 20.9. The normalized spacial score (nSPS) is 14.9. The number of piperidine rings is 2. The molecule has 2 saturated heterocycles. The van der Waals surface area contributed by atoms with Gasteiger partial charge in [-0.05, 0) is 85.3 Å². The van der Waals surface area contributed by atoms with Crippen LogP contribution in [0, 0.1) is 11.8 Å². The third kappa shape index (κ3) is 11.8. The number of nitrogen functional groups attached to an aromatic ring is 2. The van der Waals surface area contributed by atoms with Crippen molar-refractivity contribution in [1.29, 1.82) is 0 Å². The van der Waals surface area contributed by atoms with E-state index in [1.807, 2.05) is 58.3 Å². The number of rotatable bonds is 8. The first-order valence-corrected chi connectivity index (χ1v) is 21.0. The minimum atomic E-state index is -0.745. The van der Waals surface area contributed by atoms with E-state index in [4.69, 9.17) is 73.6 Å². The second kappa shape index (κ2) is 23.6. The van der Waals surface area contributed by atoms with Crippen molar-refractivity contribution in [2.24, 2.45) is 11.8 Å². The number of aliphatic carboxylic acids is 2. The Morgan fingerprint density at radius 3 is 1.28 bits per heavy atom. The van der Waals surface area contributed by atoms with Gasteiger partial charge in [0.05, 0.1) is 55.7 Å². The summed E-state index contributed by atoms with van der Waals surface area (Å²) in [6.07, 6.45) is 3.29. The van der Waals surface area contributed by atoms with Crippen LogP contribution in [0.2, 0.25) is 10.0 Å². The molecule has 19 nitrogen and oxygen atoms in total. The molecule has 4 aromatic carbocycles. The first-order chi connectivity index (χ1) is 30.0. The first kappa shape index (κ1) is 55.0. The maximum atomic E-state index is 11.3. The Hall–Kier alpha value is -4.64. The Bertz CT molecular complexity index is 2560. The van der Waals surface area contributed by atoms with Crippen molar-refractivity contribution in [2.75, 3.05) is 61.0 Å². The molecule has 4 aliphatic rings. The van der Waals surface area contributed by atoms with Gasteiger partial charge in [0.2, 0.25) is 25.5 Å². The van der Waals surface area contributed by atoms with Gasteiger partial charge < -0.3 is 66.9 Å². The summed E-state index contributed by atoms with van der Waals surface area (Å²) in [6, 6.07) is 18.7. The van der Waals surface area contributed by atoms with Crippen LogP contribution in [0.15, 0.2) is 60.7 Å². The number of fused-ring (bicyclic) bond motifs is 4. The number of hydrogen-bond donors (Lipinski definition) is 4. The van der Waals surface area contributed by atoms with E-state index in [9.17, 15) is 19.8 Å². The minimum Gasteiger partial charge on any atom is -0.481 e. The summed E-state index contributed by atoms with van der Waals surface area (Å²) in [5.41, 5.74) is 18.5. The number of carboxylic acids is 2. The molecule has 4 aliphatic heterocycles. The summed E-state index contributed by atoms with van der Waals surface area (Å²) < 4.78 is 21.8. The number of carbonyl (C=O) groups is 2. The number of nitrogens with zero attached hydrogens (tertiary/aromatic N) is 6. The van der Waals surface area contributed by atoms with Gasteiger partial charge in [-0.3, -0.25) is 9.59 Å². The van der Waals surface area contributed by atoms with Gasteiger partial charge in [-0.15, -0.1) is 0 Å². The van der Waals surface area contributed by atoms with Gasteiger partial charge in [0.1, 0.15) is 0 Å². The zero-order valence-corrected chi connectivity index (χ0v) is 42.4. The van der Waals surface area contributed by atoms with E-state index in [0.29, 0.717) is 121 Å². The molecule has 6 aromatic rings. The molecule has 346 valence electrons. The van der Waals surface area contributed by atoms with Gasteiger partial charge >= 0.3 is 11.9 Å². The summed E-state index contributed by atoms with van der Waals surface area (Å²) in [4.78, 5) is 45.8. The van der Waals surface area contributed by atoms with Gasteiger partial charge in [-0.25, -0.2) is 19.9 Å². The summed E-state index contributed by atoms with van der Waals surface area (Å²) >= 11 is 12.6. The smallest absolute Gasteiger partial charge is 0.306 e. The number of halogens is 2. The number of nitrogens with two attached hydrogens (primary N) is 2. The van der Waals surface area contributed by atoms with Crippen molar-refractivity contribution < 1.29 is 55.2 Å². The molecule has 6 heterocycles. The third-order valence-corrected chi connectivity index (χ3v) is 12.4. The zero-order chi connectivity index (χ0) is 43.1. The molecule has 0 unspecified atom stereocenters. The molecule has 2 aromatic heterocycles. The van der Waals surface area contributed by atoms with Gasteiger partial charge in [0.15, 0.2) is 23.0 Å². The van der Waals surface area contributed by atoms with E-state index >= 15 is 0 Å². The number of benzene rings is 4. The van der Waals surface area contributed by atoms with Crippen LogP contribution in [0.3, 0.4) is 0 Å². The van der Waals surface area contributed by atoms with Crippen LogP contribution < -0.4 is 40.2 Å². The van der Waals surface area contributed by atoms with Crippen LogP contribution in [-0.4, -0.2) is 157 Å². The summed E-state index contributed by atoms with van der Waals surface area (Å²) in [6.45, 7) is 2.80. The predicted octanol–water partition coefficient (Wildman–Crippen LogP) is 3.74. The molecule has 0 spiro atoms. The molecule has 0 atom stereocenters. The first-order valence-electron chi connectivity index (χ1n) is 20.2. The number of carboxylic acid groups (broad SMARTS) is 2. The van der Waals surface area contributed by atoms with Crippen molar-refractivity contribution in [3.8, 4) is 23.0 Å². The average Bonchev–Trinajstić information content (AvgIpc) is 3.96. The molecule has 2 radical (unpaired) electrons. The number of aromatic nitrogens is 4. The Kier molecular flexibility index (Phi) is 19.3. The quantitative estimate of drug-likeness (QED) is 0.125. The third-order valence-electron chi connectivity index (χ3n) is 11.7. The molecule has 0 bridgehead atoms. The van der Waals surface area contributed by atoms with Crippen molar-refractivity contribution in [2.45, 2.75) is 38.5 Å². The molecular weight excluding hydrogens is 933 g/mol. The molecule has 0 aliphatic carbocycles. The fourth-order valence-electron chi connectivity index (χ4n) is 8.26. The van der Waals surface area contributed by atoms with Crippen molar-refractivity contribution in [3.05, 3.63) is 93.2 Å². The average molecular weight is 982 g/mol. The van der Waals surface area contributed by atoms with E-state index in [-0.39, 0.29) is 101 Å². The summed E-state index contributed by atoms with van der Waals surface area (Å²) in [5.74, 6) is 1.88. The SMILES string of the molecule is Nc1c(Cl)ccc2nc(N3CCC(C(=O)O)CC3)nc(Cc3ccc4c(c3)OCO4)c12.Nc1c(Cl)ccc2nc(N3CCC(C(=O)O)CC3)nc(Cc3ccc4c(c3)OCO4)c12.O.O.O.[Na].[Na]. The number of ether oxygens (including phenoxy) is 4. The van der Waals surface area contributed by atoms with Crippen LogP contribution in [0.4, 0.5) is 23.3 Å². The van der Waals surface area contributed by atoms with E-state index in [1.54, 1.807) is 12.1 Å². The topological polar surface area (TPSA) is 316 Å². The fourth-order valence-corrected chi connectivity index (χ4v) is 8.57. The molecule has 67 heavy (non-hydrogen) atoms. The number of hydrogen-bond acceptors (Lipinski definition) is 14. The summed E-state index contributed by atoms with van der Waals surface area (Å²) in [7, 11) is 0. The molecule has 0 saturated carbocycles. The van der Waals surface area contributed by atoms with Crippen LogP contribution in [0.1, 0.15) is 48.2 Å². The Balaban J connectivity index is 0.000000272.